The van der Waals surface area contributed by atoms with Gasteiger partial charge in [0.25, 0.3) is 0 Å². The Morgan fingerprint density at radius 1 is 1.25 bits per heavy atom. The number of methoxy groups -OCH3 is 1. The molecule has 0 fully saturated rings. The van der Waals surface area contributed by atoms with Crippen molar-refractivity contribution in [2.24, 2.45) is 0 Å². The van der Waals surface area contributed by atoms with Crippen LogP contribution in [0.1, 0.15) is 17.1 Å². The summed E-state index contributed by atoms with van der Waals surface area (Å²) < 4.78 is 36.1. The number of rotatable bonds is 6. The zero-order valence-electron chi connectivity index (χ0n) is 15.3. The second kappa shape index (κ2) is 7.01. The lowest BCUT2D eigenvalue weighted by molar-refractivity contribution is 0.0614. The first-order chi connectivity index (χ1) is 13.5. The number of fused-ring (bicyclic) bond motifs is 1. The summed E-state index contributed by atoms with van der Waals surface area (Å²) in [7, 11) is 1.39. The first kappa shape index (κ1) is 18.1. The van der Waals surface area contributed by atoms with Crippen molar-refractivity contribution in [1.29, 1.82) is 0 Å². The summed E-state index contributed by atoms with van der Waals surface area (Å²) >= 11 is 0. The minimum absolute atomic E-state index is 0.112. The van der Waals surface area contributed by atoms with Gasteiger partial charge in [-0.25, -0.2) is 18.3 Å². The topological polar surface area (TPSA) is 80.1 Å². The number of aromatic nitrogens is 5. The van der Waals surface area contributed by atoms with E-state index in [-0.39, 0.29) is 18.0 Å². The molecular formula is C19H18F2N6O. The highest BCUT2D eigenvalue weighted by atomic mass is 19.1. The molecule has 3 heterocycles. The predicted octanol–water partition coefficient (Wildman–Crippen LogP) is 3.50. The summed E-state index contributed by atoms with van der Waals surface area (Å²) in [5.41, 5.74) is -0.445. The van der Waals surface area contributed by atoms with E-state index in [1.54, 1.807) is 24.4 Å². The van der Waals surface area contributed by atoms with E-state index in [0.717, 1.165) is 5.69 Å². The molecule has 4 rings (SSSR count). The van der Waals surface area contributed by atoms with Gasteiger partial charge in [-0.3, -0.25) is 5.10 Å². The van der Waals surface area contributed by atoms with Gasteiger partial charge in [-0.1, -0.05) is 12.1 Å². The monoisotopic (exact) mass is 384 g/mol. The van der Waals surface area contributed by atoms with Gasteiger partial charge in [0.1, 0.15) is 11.3 Å². The first-order valence-corrected chi connectivity index (χ1v) is 8.58. The van der Waals surface area contributed by atoms with Crippen LogP contribution in [0.15, 0.2) is 48.7 Å². The van der Waals surface area contributed by atoms with Crippen LogP contribution in [-0.2, 0) is 10.4 Å². The van der Waals surface area contributed by atoms with Crippen LogP contribution in [0.5, 0.6) is 0 Å². The van der Waals surface area contributed by atoms with Crippen molar-refractivity contribution >= 4 is 17.2 Å². The maximum Gasteiger partial charge on any atom is 0.219 e. The molecule has 0 saturated heterocycles. The first-order valence-electron chi connectivity index (χ1n) is 8.58. The van der Waals surface area contributed by atoms with Gasteiger partial charge in [0.15, 0.2) is 17.5 Å². The van der Waals surface area contributed by atoms with Crippen molar-refractivity contribution < 1.29 is 13.5 Å². The molecule has 0 aliphatic heterocycles. The van der Waals surface area contributed by atoms with E-state index >= 15 is 4.39 Å². The van der Waals surface area contributed by atoms with E-state index in [2.05, 4.69) is 25.6 Å². The molecule has 0 saturated carbocycles. The molecule has 0 bridgehead atoms. The van der Waals surface area contributed by atoms with E-state index < -0.39 is 11.5 Å². The Balaban J connectivity index is 1.84. The zero-order chi connectivity index (χ0) is 19.7. The van der Waals surface area contributed by atoms with Gasteiger partial charge in [-0.2, -0.15) is 5.10 Å². The molecule has 3 aromatic heterocycles. The number of hydrogen-bond donors (Lipinski definition) is 2. The average molecular weight is 384 g/mol. The Bertz CT molecular complexity index is 1110. The third kappa shape index (κ3) is 3.20. The van der Waals surface area contributed by atoms with Crippen LogP contribution < -0.4 is 5.32 Å². The smallest absolute Gasteiger partial charge is 0.219 e. The standard InChI is InChI=1S/C19H18F2N6O/c1-12-10-16(25-24-12)22-17-15-4-3-9-27(15)26-18(23-17)19(21,11-28-2)13-5-7-14(20)8-6-13/h3-10H,11H2,1-2H3,(H2,22,23,24,25,26). The van der Waals surface area contributed by atoms with E-state index in [0.29, 0.717) is 17.2 Å². The Morgan fingerprint density at radius 3 is 2.71 bits per heavy atom. The molecule has 0 aliphatic carbocycles. The largest absolute Gasteiger partial charge is 0.380 e. The van der Waals surface area contributed by atoms with Gasteiger partial charge >= 0.3 is 0 Å². The highest BCUT2D eigenvalue weighted by Crippen LogP contribution is 2.34. The van der Waals surface area contributed by atoms with Crippen molar-refractivity contribution in [1.82, 2.24) is 24.8 Å². The molecule has 9 heteroatoms. The highest BCUT2D eigenvalue weighted by Gasteiger charge is 2.39. The number of benzene rings is 1. The third-order valence-electron chi connectivity index (χ3n) is 4.34. The summed E-state index contributed by atoms with van der Waals surface area (Å²) in [6.07, 6.45) is 1.69. The predicted molar refractivity (Wildman–Crippen MR) is 99.8 cm³/mol. The number of aromatic amines is 1. The molecule has 7 nitrogen and oxygen atoms in total. The van der Waals surface area contributed by atoms with Crippen LogP contribution in [0.4, 0.5) is 20.4 Å². The molecule has 1 aromatic carbocycles. The molecule has 0 amide bonds. The number of alkyl halides is 1. The molecular weight excluding hydrogens is 366 g/mol. The van der Waals surface area contributed by atoms with Gasteiger partial charge in [0, 0.05) is 25.1 Å². The van der Waals surface area contributed by atoms with Crippen LogP contribution in [0.3, 0.4) is 0 Å². The Hall–Kier alpha value is -3.33. The average Bonchev–Trinajstić information content (AvgIpc) is 3.31. The SMILES string of the molecule is COCC(F)(c1ccc(F)cc1)c1nc(Nc2cc(C)[nH]n2)c2cccn2n1. The number of aryl methyl sites for hydroxylation is 1. The molecule has 0 spiro atoms. The summed E-state index contributed by atoms with van der Waals surface area (Å²) in [5, 5.41) is 14.4. The number of anilines is 2. The fourth-order valence-electron chi connectivity index (χ4n) is 2.99. The molecule has 28 heavy (non-hydrogen) atoms. The van der Waals surface area contributed by atoms with Crippen molar-refractivity contribution in [3.63, 3.8) is 0 Å². The molecule has 0 radical (unpaired) electrons. The van der Waals surface area contributed by atoms with E-state index in [4.69, 9.17) is 4.74 Å². The number of halogens is 2. The third-order valence-corrected chi connectivity index (χ3v) is 4.34. The maximum absolute atomic E-state index is 16.1. The molecule has 0 aliphatic rings. The van der Waals surface area contributed by atoms with Crippen LogP contribution in [0.2, 0.25) is 0 Å². The Morgan fingerprint density at radius 2 is 2.04 bits per heavy atom. The number of ether oxygens (including phenoxy) is 1. The lowest BCUT2D eigenvalue weighted by Gasteiger charge is -2.24. The van der Waals surface area contributed by atoms with Crippen molar-refractivity contribution in [2.75, 3.05) is 19.0 Å². The summed E-state index contributed by atoms with van der Waals surface area (Å²) in [5.74, 6) is 0.367. The van der Waals surface area contributed by atoms with Crippen LogP contribution in [0, 0.1) is 12.7 Å². The molecule has 2 N–H and O–H groups in total. The molecule has 1 atom stereocenters. The zero-order valence-corrected chi connectivity index (χ0v) is 15.3. The lowest BCUT2D eigenvalue weighted by atomic mass is 9.95. The number of nitrogens with zero attached hydrogens (tertiary/aromatic N) is 4. The van der Waals surface area contributed by atoms with Crippen molar-refractivity contribution in [3.05, 3.63) is 71.6 Å². The second-order valence-electron chi connectivity index (χ2n) is 6.42. The van der Waals surface area contributed by atoms with E-state index in [1.807, 2.05) is 6.92 Å². The lowest BCUT2D eigenvalue weighted by Crippen LogP contribution is -2.31. The Labute approximate surface area is 159 Å². The van der Waals surface area contributed by atoms with Gasteiger partial charge in [-0.05, 0) is 36.8 Å². The van der Waals surface area contributed by atoms with Gasteiger partial charge < -0.3 is 10.1 Å². The minimum atomic E-state index is -2.17. The maximum atomic E-state index is 16.1. The fourth-order valence-corrected chi connectivity index (χ4v) is 2.99. The molecule has 144 valence electrons. The van der Waals surface area contributed by atoms with Crippen LogP contribution >= 0.6 is 0 Å². The van der Waals surface area contributed by atoms with Crippen LogP contribution in [0.25, 0.3) is 5.52 Å². The molecule has 4 aromatic rings. The van der Waals surface area contributed by atoms with Crippen LogP contribution in [-0.4, -0.2) is 38.5 Å². The highest BCUT2D eigenvalue weighted by molar-refractivity contribution is 5.72. The minimum Gasteiger partial charge on any atom is -0.380 e. The number of H-pyrrole nitrogens is 1. The summed E-state index contributed by atoms with van der Waals surface area (Å²) in [6.45, 7) is 1.54. The van der Waals surface area contributed by atoms with E-state index in [1.165, 1.54) is 35.9 Å². The van der Waals surface area contributed by atoms with Gasteiger partial charge in [0.2, 0.25) is 5.67 Å². The normalized spacial score (nSPS) is 13.6. The van der Waals surface area contributed by atoms with E-state index in [9.17, 15) is 4.39 Å². The molecule has 1 unspecified atom stereocenters. The number of nitrogens with one attached hydrogen (secondary N) is 2. The summed E-state index contributed by atoms with van der Waals surface area (Å²) in [4.78, 5) is 4.42. The fraction of sp³-hybridized carbons (Fsp3) is 0.211. The Kier molecular flexibility index (Phi) is 4.52. The van der Waals surface area contributed by atoms with Crippen molar-refractivity contribution in [2.45, 2.75) is 12.6 Å². The van der Waals surface area contributed by atoms with Crippen molar-refractivity contribution in [3.8, 4) is 0 Å². The second-order valence-corrected chi connectivity index (χ2v) is 6.42. The van der Waals surface area contributed by atoms with Gasteiger partial charge in [-0.15, -0.1) is 5.10 Å². The number of hydrogen-bond acceptors (Lipinski definition) is 5. The quantitative estimate of drug-likeness (QED) is 0.532. The van der Waals surface area contributed by atoms with Gasteiger partial charge in [0.05, 0.1) is 6.61 Å². The summed E-state index contributed by atoms with van der Waals surface area (Å²) in [6, 6.07) is 10.5.